The van der Waals surface area contributed by atoms with Gasteiger partial charge in [-0.15, -0.1) is 0 Å². The fourth-order valence-electron chi connectivity index (χ4n) is 2.85. The molecule has 3 rings (SSSR count). The lowest BCUT2D eigenvalue weighted by molar-refractivity contribution is -0.122. The number of carbonyl (C=O) groups excluding carboxylic acids is 2. The highest BCUT2D eigenvalue weighted by molar-refractivity contribution is 6.22. The molecular formula is C15H15NO3. The van der Waals surface area contributed by atoms with Gasteiger partial charge in [0.15, 0.2) is 0 Å². The van der Waals surface area contributed by atoms with E-state index in [-0.39, 0.29) is 23.7 Å². The zero-order valence-corrected chi connectivity index (χ0v) is 10.7. The number of hydrogen-bond donors (Lipinski definition) is 0. The van der Waals surface area contributed by atoms with Crippen LogP contribution in [0, 0.1) is 11.8 Å². The van der Waals surface area contributed by atoms with Crippen LogP contribution in [0.5, 0.6) is 5.75 Å². The Morgan fingerprint density at radius 3 is 2.21 bits per heavy atom. The lowest BCUT2D eigenvalue weighted by Crippen LogP contribution is -2.31. The van der Waals surface area contributed by atoms with Crippen molar-refractivity contribution in [1.82, 2.24) is 0 Å². The van der Waals surface area contributed by atoms with Crippen LogP contribution in [-0.4, -0.2) is 18.9 Å². The van der Waals surface area contributed by atoms with Gasteiger partial charge in [0, 0.05) is 0 Å². The summed E-state index contributed by atoms with van der Waals surface area (Å²) < 4.78 is 5.25. The molecule has 0 spiro atoms. The Kier molecular flexibility index (Phi) is 2.85. The monoisotopic (exact) mass is 257 g/mol. The predicted molar refractivity (Wildman–Crippen MR) is 70.8 cm³/mol. The van der Waals surface area contributed by atoms with Gasteiger partial charge in [-0.3, -0.25) is 9.59 Å². The maximum atomic E-state index is 12.4. The van der Waals surface area contributed by atoms with Gasteiger partial charge in [-0.05, 0) is 25.0 Å². The third-order valence-electron chi connectivity index (χ3n) is 3.83. The summed E-state index contributed by atoms with van der Waals surface area (Å²) in [6, 6.07) is 7.14. The summed E-state index contributed by atoms with van der Waals surface area (Å²) in [6.45, 7) is 0. The standard InChI is InChI=1S/C15H15NO3/c1-19-13-9-5-4-8-12(13)16-14(17)10-6-2-3-7-11(10)15(16)18/h2-5,8-11H,6-7H2,1H3/t10-,11-/m1/s1. The Bertz CT molecular complexity index is 538. The van der Waals surface area contributed by atoms with Crippen molar-refractivity contribution in [3.8, 4) is 5.75 Å². The molecule has 1 aliphatic heterocycles. The number of para-hydroxylation sites is 2. The number of hydrogen-bond acceptors (Lipinski definition) is 3. The van der Waals surface area contributed by atoms with E-state index < -0.39 is 0 Å². The van der Waals surface area contributed by atoms with Gasteiger partial charge in [-0.25, -0.2) is 4.90 Å². The van der Waals surface area contributed by atoms with E-state index in [0.29, 0.717) is 24.3 Å². The molecule has 2 atom stereocenters. The summed E-state index contributed by atoms with van der Waals surface area (Å²) in [5, 5.41) is 0. The van der Waals surface area contributed by atoms with Gasteiger partial charge in [0.2, 0.25) is 11.8 Å². The number of benzene rings is 1. The van der Waals surface area contributed by atoms with Crippen molar-refractivity contribution in [2.24, 2.45) is 11.8 Å². The summed E-state index contributed by atoms with van der Waals surface area (Å²) in [7, 11) is 1.54. The van der Waals surface area contributed by atoms with Gasteiger partial charge < -0.3 is 4.74 Å². The number of nitrogens with zero attached hydrogens (tertiary/aromatic N) is 1. The van der Waals surface area contributed by atoms with Crippen LogP contribution in [0.15, 0.2) is 36.4 Å². The number of anilines is 1. The van der Waals surface area contributed by atoms with Crippen molar-refractivity contribution < 1.29 is 14.3 Å². The van der Waals surface area contributed by atoms with E-state index in [2.05, 4.69) is 0 Å². The molecule has 1 aromatic carbocycles. The van der Waals surface area contributed by atoms with Crippen LogP contribution >= 0.6 is 0 Å². The molecule has 0 saturated carbocycles. The van der Waals surface area contributed by atoms with E-state index in [1.807, 2.05) is 18.2 Å². The second-order valence-corrected chi connectivity index (χ2v) is 4.84. The first kappa shape index (κ1) is 12.0. The van der Waals surface area contributed by atoms with Gasteiger partial charge >= 0.3 is 0 Å². The minimum Gasteiger partial charge on any atom is -0.495 e. The number of allylic oxidation sites excluding steroid dienone is 2. The molecule has 2 aliphatic rings. The number of carbonyl (C=O) groups is 2. The maximum absolute atomic E-state index is 12.4. The second kappa shape index (κ2) is 4.53. The highest BCUT2D eigenvalue weighted by Crippen LogP contribution is 2.40. The molecule has 19 heavy (non-hydrogen) atoms. The zero-order chi connectivity index (χ0) is 13.4. The third-order valence-corrected chi connectivity index (χ3v) is 3.83. The van der Waals surface area contributed by atoms with E-state index in [9.17, 15) is 9.59 Å². The van der Waals surface area contributed by atoms with Gasteiger partial charge in [0.25, 0.3) is 0 Å². The number of ether oxygens (including phenoxy) is 1. The molecule has 2 amide bonds. The first-order valence-corrected chi connectivity index (χ1v) is 6.40. The average molecular weight is 257 g/mol. The Morgan fingerprint density at radius 1 is 1.05 bits per heavy atom. The molecular weight excluding hydrogens is 242 g/mol. The molecule has 1 aliphatic carbocycles. The van der Waals surface area contributed by atoms with Crippen LogP contribution in [0.2, 0.25) is 0 Å². The highest BCUT2D eigenvalue weighted by atomic mass is 16.5. The molecule has 98 valence electrons. The van der Waals surface area contributed by atoms with Crippen LogP contribution in [0.4, 0.5) is 5.69 Å². The molecule has 0 N–H and O–H groups in total. The van der Waals surface area contributed by atoms with E-state index >= 15 is 0 Å². The van der Waals surface area contributed by atoms with Gasteiger partial charge in [-0.1, -0.05) is 24.3 Å². The molecule has 4 nitrogen and oxygen atoms in total. The fourth-order valence-corrected chi connectivity index (χ4v) is 2.85. The molecule has 0 aromatic heterocycles. The van der Waals surface area contributed by atoms with Crippen molar-refractivity contribution in [2.45, 2.75) is 12.8 Å². The number of fused-ring (bicyclic) bond motifs is 1. The normalized spacial score (nSPS) is 25.6. The smallest absolute Gasteiger partial charge is 0.238 e. The molecule has 1 heterocycles. The van der Waals surface area contributed by atoms with Crippen molar-refractivity contribution in [3.63, 3.8) is 0 Å². The first-order valence-electron chi connectivity index (χ1n) is 6.40. The molecule has 1 aromatic rings. The minimum atomic E-state index is -0.206. The predicted octanol–water partition coefficient (Wildman–Crippen LogP) is 2.15. The van der Waals surface area contributed by atoms with Crippen LogP contribution < -0.4 is 9.64 Å². The Hall–Kier alpha value is -2.10. The van der Waals surface area contributed by atoms with Crippen molar-refractivity contribution >= 4 is 17.5 Å². The minimum absolute atomic E-state index is 0.108. The molecule has 1 fully saturated rings. The lowest BCUT2D eigenvalue weighted by atomic mass is 9.85. The van der Waals surface area contributed by atoms with E-state index in [1.54, 1.807) is 25.3 Å². The summed E-state index contributed by atoms with van der Waals surface area (Å²) in [5.74, 6) is -0.0756. The summed E-state index contributed by atoms with van der Waals surface area (Å²) in [6.07, 6.45) is 5.28. The lowest BCUT2D eigenvalue weighted by Gasteiger charge is -2.17. The number of amides is 2. The van der Waals surface area contributed by atoms with E-state index in [1.165, 1.54) is 4.90 Å². The summed E-state index contributed by atoms with van der Waals surface area (Å²) in [5.41, 5.74) is 0.550. The van der Waals surface area contributed by atoms with Crippen molar-refractivity contribution in [1.29, 1.82) is 0 Å². The fraction of sp³-hybridized carbons (Fsp3) is 0.333. The Morgan fingerprint density at radius 2 is 1.63 bits per heavy atom. The highest BCUT2D eigenvalue weighted by Gasteiger charge is 2.48. The number of methoxy groups -OCH3 is 1. The van der Waals surface area contributed by atoms with E-state index in [0.717, 1.165) is 0 Å². The quantitative estimate of drug-likeness (QED) is 0.602. The number of rotatable bonds is 2. The van der Waals surface area contributed by atoms with Crippen LogP contribution in [0.25, 0.3) is 0 Å². The molecule has 1 saturated heterocycles. The number of imide groups is 1. The van der Waals surface area contributed by atoms with Gasteiger partial charge in [0.05, 0.1) is 24.6 Å². The van der Waals surface area contributed by atoms with Crippen LogP contribution in [0.3, 0.4) is 0 Å². The van der Waals surface area contributed by atoms with E-state index in [4.69, 9.17) is 4.74 Å². The average Bonchev–Trinajstić information content (AvgIpc) is 2.71. The zero-order valence-electron chi connectivity index (χ0n) is 10.7. The molecule has 0 unspecified atom stereocenters. The third kappa shape index (κ3) is 1.75. The van der Waals surface area contributed by atoms with Crippen molar-refractivity contribution in [3.05, 3.63) is 36.4 Å². The van der Waals surface area contributed by atoms with Gasteiger partial charge in [0.1, 0.15) is 5.75 Å². The summed E-state index contributed by atoms with van der Waals surface area (Å²) >= 11 is 0. The Balaban J connectivity index is 2.02. The van der Waals surface area contributed by atoms with Gasteiger partial charge in [-0.2, -0.15) is 0 Å². The first-order chi connectivity index (χ1) is 9.24. The SMILES string of the molecule is COc1ccccc1N1C(=O)[C@@H]2CC=CC[C@H]2C1=O. The second-order valence-electron chi connectivity index (χ2n) is 4.84. The topological polar surface area (TPSA) is 46.6 Å². The molecule has 0 radical (unpaired) electrons. The van der Waals surface area contributed by atoms with Crippen molar-refractivity contribution in [2.75, 3.05) is 12.0 Å². The van der Waals surface area contributed by atoms with Crippen LogP contribution in [-0.2, 0) is 9.59 Å². The largest absolute Gasteiger partial charge is 0.495 e. The maximum Gasteiger partial charge on any atom is 0.238 e. The molecule has 4 heteroatoms. The Labute approximate surface area is 111 Å². The summed E-state index contributed by atoms with van der Waals surface area (Å²) in [4.78, 5) is 26.2. The molecule has 0 bridgehead atoms. The van der Waals surface area contributed by atoms with Crippen LogP contribution in [0.1, 0.15) is 12.8 Å².